The Morgan fingerprint density at radius 1 is 1.23 bits per heavy atom. The van der Waals surface area contributed by atoms with Crippen molar-refractivity contribution in [3.05, 3.63) is 47.4 Å². The van der Waals surface area contributed by atoms with Crippen LogP contribution in [0.1, 0.15) is 22.1 Å². The van der Waals surface area contributed by atoms with E-state index in [-0.39, 0.29) is 11.2 Å². The molecule has 6 nitrogen and oxygen atoms in total. The molecule has 7 heteroatoms. The highest BCUT2D eigenvalue weighted by Gasteiger charge is 2.28. The van der Waals surface area contributed by atoms with Crippen molar-refractivity contribution in [2.24, 2.45) is 0 Å². The third-order valence-electron chi connectivity index (χ3n) is 3.69. The lowest BCUT2D eigenvalue weighted by molar-refractivity contribution is -0.113. The first kappa shape index (κ1) is 13.3. The maximum Gasteiger partial charge on any atom is 0.235 e. The van der Waals surface area contributed by atoms with Crippen LogP contribution in [0, 0.1) is 6.92 Å². The number of thioether (sulfide) groups is 1. The summed E-state index contributed by atoms with van der Waals surface area (Å²) in [6, 6.07) is 6.04. The minimum absolute atomic E-state index is 0.0270. The first-order chi connectivity index (χ1) is 10.7. The first-order valence-corrected chi connectivity index (χ1v) is 7.94. The van der Waals surface area contributed by atoms with Crippen LogP contribution in [0.15, 0.2) is 30.6 Å². The second-order valence-electron chi connectivity index (χ2n) is 5.15. The molecule has 22 heavy (non-hydrogen) atoms. The predicted octanol–water partition coefficient (Wildman–Crippen LogP) is 2.44. The van der Waals surface area contributed by atoms with Gasteiger partial charge < -0.3 is 5.32 Å². The highest BCUT2D eigenvalue weighted by molar-refractivity contribution is 8.00. The third kappa shape index (κ3) is 2.14. The van der Waals surface area contributed by atoms with Gasteiger partial charge in [0.15, 0.2) is 5.82 Å². The molecule has 0 saturated carbocycles. The second-order valence-corrected chi connectivity index (χ2v) is 6.25. The number of aromatic amines is 1. The SMILES string of the molecule is Cc1[nH]nc2c1[C@H](c1ccc3nccnc3c1)SCC(=O)N2. The fourth-order valence-corrected chi connectivity index (χ4v) is 3.86. The first-order valence-electron chi connectivity index (χ1n) is 6.89. The van der Waals surface area contributed by atoms with E-state index in [1.807, 2.05) is 25.1 Å². The van der Waals surface area contributed by atoms with Crippen LogP contribution < -0.4 is 5.32 Å². The maximum absolute atomic E-state index is 11.8. The van der Waals surface area contributed by atoms with Crippen molar-refractivity contribution < 1.29 is 4.79 Å². The van der Waals surface area contributed by atoms with Gasteiger partial charge >= 0.3 is 0 Å². The third-order valence-corrected chi connectivity index (χ3v) is 4.96. The van der Waals surface area contributed by atoms with Crippen molar-refractivity contribution in [3.63, 3.8) is 0 Å². The summed E-state index contributed by atoms with van der Waals surface area (Å²) in [5.74, 6) is 0.997. The van der Waals surface area contributed by atoms with Crippen LogP contribution in [0.2, 0.25) is 0 Å². The van der Waals surface area contributed by atoms with Gasteiger partial charge in [0.05, 0.1) is 22.0 Å². The van der Waals surface area contributed by atoms with Crippen LogP contribution in [0.4, 0.5) is 5.82 Å². The van der Waals surface area contributed by atoms with E-state index in [1.165, 1.54) is 0 Å². The maximum atomic E-state index is 11.8. The number of H-pyrrole nitrogens is 1. The molecule has 0 radical (unpaired) electrons. The number of aryl methyl sites for hydroxylation is 1. The summed E-state index contributed by atoms with van der Waals surface area (Å²) in [7, 11) is 0. The zero-order valence-corrected chi connectivity index (χ0v) is 12.6. The average Bonchev–Trinajstić information content (AvgIpc) is 2.79. The lowest BCUT2D eigenvalue weighted by Crippen LogP contribution is -2.12. The minimum atomic E-state index is -0.0270. The normalized spacial score (nSPS) is 17.9. The lowest BCUT2D eigenvalue weighted by atomic mass is 10.0. The molecule has 4 rings (SSSR count). The number of carbonyl (C=O) groups is 1. The number of amides is 1. The molecule has 1 aliphatic heterocycles. The number of carbonyl (C=O) groups excluding carboxylic acids is 1. The predicted molar refractivity (Wildman–Crippen MR) is 85.8 cm³/mol. The van der Waals surface area contributed by atoms with E-state index in [2.05, 4.69) is 25.5 Å². The Morgan fingerprint density at radius 3 is 2.91 bits per heavy atom. The molecule has 0 saturated heterocycles. The van der Waals surface area contributed by atoms with Gasteiger partial charge in [0.2, 0.25) is 5.91 Å². The van der Waals surface area contributed by atoms with E-state index in [1.54, 1.807) is 24.2 Å². The van der Waals surface area contributed by atoms with Crippen molar-refractivity contribution in [1.82, 2.24) is 20.2 Å². The highest BCUT2D eigenvalue weighted by atomic mass is 32.2. The van der Waals surface area contributed by atoms with Crippen LogP contribution in [0.25, 0.3) is 11.0 Å². The van der Waals surface area contributed by atoms with Crippen LogP contribution in [-0.2, 0) is 4.79 Å². The van der Waals surface area contributed by atoms with E-state index >= 15 is 0 Å². The van der Waals surface area contributed by atoms with E-state index in [0.717, 1.165) is 27.9 Å². The number of nitrogens with zero attached hydrogens (tertiary/aromatic N) is 3. The number of benzene rings is 1. The van der Waals surface area contributed by atoms with E-state index in [9.17, 15) is 4.79 Å². The van der Waals surface area contributed by atoms with Gasteiger partial charge in [-0.25, -0.2) is 0 Å². The summed E-state index contributed by atoms with van der Waals surface area (Å²) in [6.07, 6.45) is 3.37. The molecule has 0 fully saturated rings. The Labute approximate surface area is 130 Å². The molecule has 3 heterocycles. The molecule has 0 aliphatic carbocycles. The smallest absolute Gasteiger partial charge is 0.235 e. The summed E-state index contributed by atoms with van der Waals surface area (Å²) in [6.45, 7) is 1.97. The molecule has 1 atom stereocenters. The zero-order chi connectivity index (χ0) is 15.1. The van der Waals surface area contributed by atoms with Crippen LogP contribution in [0.5, 0.6) is 0 Å². The van der Waals surface area contributed by atoms with Gasteiger partial charge in [0, 0.05) is 23.7 Å². The zero-order valence-electron chi connectivity index (χ0n) is 11.8. The summed E-state index contributed by atoms with van der Waals surface area (Å²) < 4.78 is 0. The number of hydrogen-bond donors (Lipinski definition) is 2. The van der Waals surface area contributed by atoms with Gasteiger partial charge in [0.25, 0.3) is 0 Å². The molecule has 1 aliphatic rings. The highest BCUT2D eigenvalue weighted by Crippen LogP contribution is 2.42. The molecule has 2 N–H and O–H groups in total. The van der Waals surface area contributed by atoms with Crippen molar-refractivity contribution in [2.45, 2.75) is 12.2 Å². The van der Waals surface area contributed by atoms with Crippen molar-refractivity contribution in [1.29, 1.82) is 0 Å². The largest absolute Gasteiger partial charge is 0.308 e. The second kappa shape index (κ2) is 5.10. The molecule has 110 valence electrons. The van der Waals surface area contributed by atoms with Gasteiger partial charge in [-0.2, -0.15) is 5.10 Å². The van der Waals surface area contributed by atoms with Gasteiger partial charge in [-0.3, -0.25) is 19.9 Å². The molecule has 2 aromatic heterocycles. The van der Waals surface area contributed by atoms with Crippen LogP contribution >= 0.6 is 11.8 Å². The summed E-state index contributed by atoms with van der Waals surface area (Å²) in [5.41, 5.74) is 4.81. The summed E-state index contributed by atoms with van der Waals surface area (Å²) in [5, 5.41) is 10.1. The van der Waals surface area contributed by atoms with Crippen molar-refractivity contribution in [3.8, 4) is 0 Å². The van der Waals surface area contributed by atoms with Gasteiger partial charge in [0.1, 0.15) is 0 Å². The number of fused-ring (bicyclic) bond motifs is 2. The molecular weight excluding hydrogens is 298 g/mol. The molecule has 0 spiro atoms. The quantitative estimate of drug-likeness (QED) is 0.721. The van der Waals surface area contributed by atoms with Gasteiger partial charge in [-0.1, -0.05) is 6.07 Å². The minimum Gasteiger partial charge on any atom is -0.308 e. The fraction of sp³-hybridized carbons (Fsp3) is 0.200. The van der Waals surface area contributed by atoms with Crippen molar-refractivity contribution in [2.75, 3.05) is 11.1 Å². The molecule has 0 bridgehead atoms. The Hall–Kier alpha value is -2.41. The summed E-state index contributed by atoms with van der Waals surface area (Å²) >= 11 is 1.60. The lowest BCUT2D eigenvalue weighted by Gasteiger charge is -2.15. The van der Waals surface area contributed by atoms with Gasteiger partial charge in [-0.15, -0.1) is 11.8 Å². The summed E-state index contributed by atoms with van der Waals surface area (Å²) in [4.78, 5) is 20.5. The Balaban J connectivity index is 1.86. The monoisotopic (exact) mass is 311 g/mol. The average molecular weight is 311 g/mol. The Kier molecular flexibility index (Phi) is 3.07. The Morgan fingerprint density at radius 2 is 2.05 bits per heavy atom. The fourth-order valence-electron chi connectivity index (χ4n) is 2.67. The van der Waals surface area contributed by atoms with Crippen LogP contribution in [-0.4, -0.2) is 31.8 Å². The molecule has 0 unspecified atom stereocenters. The topological polar surface area (TPSA) is 83.6 Å². The van der Waals surface area contributed by atoms with E-state index in [4.69, 9.17) is 0 Å². The number of aromatic nitrogens is 4. The molecule has 1 amide bonds. The standard InChI is InChI=1S/C15H13N5OS/c1-8-13-14(22-7-12(21)18-15(13)20-19-8)9-2-3-10-11(6-9)17-5-4-16-10/h2-6,14H,7H2,1H3,(H2,18,19,20,21)/t14-/m0/s1. The van der Waals surface area contributed by atoms with Gasteiger partial charge in [-0.05, 0) is 24.6 Å². The number of nitrogens with one attached hydrogen (secondary N) is 2. The van der Waals surface area contributed by atoms with Crippen molar-refractivity contribution >= 4 is 34.5 Å². The van der Waals surface area contributed by atoms with E-state index in [0.29, 0.717) is 11.6 Å². The molecule has 3 aromatic rings. The Bertz CT molecular complexity index is 875. The molecule has 1 aromatic carbocycles. The van der Waals surface area contributed by atoms with Crippen LogP contribution in [0.3, 0.4) is 0 Å². The number of rotatable bonds is 1. The number of hydrogen-bond acceptors (Lipinski definition) is 5. The van der Waals surface area contributed by atoms with E-state index < -0.39 is 0 Å². The molecular formula is C15H13N5OS. The number of anilines is 1.